The van der Waals surface area contributed by atoms with Gasteiger partial charge in [-0.1, -0.05) is 35.0 Å². The molecule has 1 aromatic heterocycles. The van der Waals surface area contributed by atoms with E-state index in [4.69, 9.17) is 10.5 Å². The van der Waals surface area contributed by atoms with E-state index in [1.54, 1.807) is 0 Å². The number of aromatic nitrogens is 3. The smallest absolute Gasteiger partial charge is 0.323 e. The Hall–Kier alpha value is -1.89. The standard InChI is InChI=1S/C13H16BrN5O/c1-2-6-20-13-18-11(15)17-12(19-13)16-8-9-4-3-5-10(14)7-9/h3-5,7H,2,6,8H2,1H3,(H3,15,16,17,18,19). The van der Waals surface area contributed by atoms with Crippen molar-refractivity contribution in [3.05, 3.63) is 34.3 Å². The maximum atomic E-state index is 5.63. The summed E-state index contributed by atoms with van der Waals surface area (Å²) in [7, 11) is 0. The second kappa shape index (κ2) is 7.04. The first kappa shape index (κ1) is 14.5. The Balaban J connectivity index is 2.03. The fourth-order valence-corrected chi connectivity index (χ4v) is 1.98. The summed E-state index contributed by atoms with van der Waals surface area (Å²) >= 11 is 3.43. The average molecular weight is 338 g/mol. The van der Waals surface area contributed by atoms with Gasteiger partial charge < -0.3 is 15.8 Å². The molecule has 0 aliphatic rings. The molecule has 6 nitrogen and oxygen atoms in total. The van der Waals surface area contributed by atoms with Crippen LogP contribution in [0.2, 0.25) is 0 Å². The third-order valence-corrected chi connectivity index (χ3v) is 2.90. The lowest BCUT2D eigenvalue weighted by Gasteiger charge is -2.08. The Morgan fingerprint density at radius 1 is 1.30 bits per heavy atom. The number of hydrogen-bond donors (Lipinski definition) is 2. The molecule has 0 radical (unpaired) electrons. The first-order valence-electron chi connectivity index (χ1n) is 6.30. The molecular formula is C13H16BrN5O. The molecule has 0 saturated carbocycles. The van der Waals surface area contributed by atoms with Gasteiger partial charge in [-0.3, -0.25) is 0 Å². The highest BCUT2D eigenvalue weighted by Crippen LogP contribution is 2.14. The summed E-state index contributed by atoms with van der Waals surface area (Å²) < 4.78 is 6.38. The predicted molar refractivity (Wildman–Crippen MR) is 81.5 cm³/mol. The van der Waals surface area contributed by atoms with Gasteiger partial charge in [-0.25, -0.2) is 0 Å². The van der Waals surface area contributed by atoms with E-state index in [0.29, 0.717) is 19.1 Å². The van der Waals surface area contributed by atoms with Gasteiger partial charge in [0.25, 0.3) is 0 Å². The van der Waals surface area contributed by atoms with Crippen molar-refractivity contribution in [2.24, 2.45) is 0 Å². The van der Waals surface area contributed by atoms with Crippen LogP contribution in [0.5, 0.6) is 6.01 Å². The van der Waals surface area contributed by atoms with Crippen LogP contribution in [0, 0.1) is 0 Å². The van der Waals surface area contributed by atoms with Gasteiger partial charge in [-0.15, -0.1) is 0 Å². The summed E-state index contributed by atoms with van der Waals surface area (Å²) in [6.07, 6.45) is 0.881. The molecule has 2 rings (SSSR count). The van der Waals surface area contributed by atoms with Crippen LogP contribution in [0.3, 0.4) is 0 Å². The number of rotatable bonds is 6. The first-order valence-corrected chi connectivity index (χ1v) is 7.09. The van der Waals surface area contributed by atoms with Crippen molar-refractivity contribution < 1.29 is 4.74 Å². The number of nitrogens with two attached hydrogens (primary N) is 1. The van der Waals surface area contributed by atoms with Crippen LogP contribution in [0.15, 0.2) is 28.7 Å². The summed E-state index contributed by atoms with van der Waals surface area (Å²) in [5.74, 6) is 0.548. The molecule has 1 heterocycles. The van der Waals surface area contributed by atoms with Crippen LogP contribution in [-0.4, -0.2) is 21.6 Å². The highest BCUT2D eigenvalue weighted by atomic mass is 79.9. The van der Waals surface area contributed by atoms with E-state index in [0.717, 1.165) is 16.5 Å². The number of nitrogens with one attached hydrogen (secondary N) is 1. The molecule has 0 aliphatic carbocycles. The third kappa shape index (κ3) is 4.34. The minimum absolute atomic E-state index is 0.142. The van der Waals surface area contributed by atoms with Crippen LogP contribution in [0.1, 0.15) is 18.9 Å². The second-order valence-corrected chi connectivity index (χ2v) is 5.05. The van der Waals surface area contributed by atoms with Crippen molar-refractivity contribution in [2.45, 2.75) is 19.9 Å². The number of nitrogen functional groups attached to an aromatic ring is 1. The molecule has 2 aromatic rings. The van der Waals surface area contributed by atoms with Gasteiger partial charge in [0.1, 0.15) is 0 Å². The zero-order chi connectivity index (χ0) is 14.4. The lowest BCUT2D eigenvalue weighted by atomic mass is 10.2. The molecule has 0 atom stereocenters. The highest BCUT2D eigenvalue weighted by Gasteiger charge is 2.05. The summed E-state index contributed by atoms with van der Waals surface area (Å²) in [5, 5.41) is 3.10. The largest absolute Gasteiger partial charge is 0.463 e. The SMILES string of the molecule is CCCOc1nc(N)nc(NCc2cccc(Br)c2)n1. The van der Waals surface area contributed by atoms with Crippen molar-refractivity contribution >= 4 is 27.8 Å². The summed E-state index contributed by atoms with van der Waals surface area (Å²) in [5.41, 5.74) is 6.74. The normalized spacial score (nSPS) is 10.3. The summed E-state index contributed by atoms with van der Waals surface area (Å²) in [6.45, 7) is 3.15. The Morgan fingerprint density at radius 2 is 2.15 bits per heavy atom. The van der Waals surface area contributed by atoms with Crippen molar-refractivity contribution in [3.8, 4) is 6.01 Å². The van der Waals surface area contributed by atoms with Gasteiger partial charge in [-0.05, 0) is 24.1 Å². The van der Waals surface area contributed by atoms with Crippen molar-refractivity contribution in [2.75, 3.05) is 17.7 Å². The van der Waals surface area contributed by atoms with E-state index in [-0.39, 0.29) is 12.0 Å². The van der Waals surface area contributed by atoms with Gasteiger partial charge >= 0.3 is 6.01 Å². The predicted octanol–water partition coefficient (Wildman–Crippen LogP) is 2.62. The quantitative estimate of drug-likeness (QED) is 0.842. The molecule has 0 spiro atoms. The summed E-state index contributed by atoms with van der Waals surface area (Å²) in [6, 6.07) is 8.22. The molecule has 0 bridgehead atoms. The molecule has 3 N–H and O–H groups in total. The van der Waals surface area contributed by atoms with E-state index in [2.05, 4.69) is 36.2 Å². The number of halogens is 1. The fraction of sp³-hybridized carbons (Fsp3) is 0.308. The number of hydrogen-bond acceptors (Lipinski definition) is 6. The average Bonchev–Trinajstić information content (AvgIpc) is 2.42. The molecule has 1 aromatic carbocycles. The van der Waals surface area contributed by atoms with Crippen molar-refractivity contribution in [1.29, 1.82) is 0 Å². The lowest BCUT2D eigenvalue weighted by Crippen LogP contribution is -2.09. The minimum Gasteiger partial charge on any atom is -0.463 e. The van der Waals surface area contributed by atoms with Crippen LogP contribution in [-0.2, 0) is 6.54 Å². The van der Waals surface area contributed by atoms with E-state index >= 15 is 0 Å². The zero-order valence-corrected chi connectivity index (χ0v) is 12.7. The van der Waals surface area contributed by atoms with Gasteiger partial charge in [0, 0.05) is 11.0 Å². The van der Waals surface area contributed by atoms with E-state index < -0.39 is 0 Å². The number of anilines is 2. The number of ether oxygens (including phenoxy) is 1. The molecule has 0 saturated heterocycles. The van der Waals surface area contributed by atoms with Crippen LogP contribution >= 0.6 is 15.9 Å². The maximum absolute atomic E-state index is 5.63. The van der Waals surface area contributed by atoms with Gasteiger partial charge in [-0.2, -0.15) is 15.0 Å². The second-order valence-electron chi connectivity index (χ2n) is 4.13. The monoisotopic (exact) mass is 337 g/mol. The minimum atomic E-state index is 0.142. The Bertz CT molecular complexity index is 578. The number of benzene rings is 1. The Morgan fingerprint density at radius 3 is 2.90 bits per heavy atom. The molecule has 0 unspecified atom stereocenters. The molecule has 0 fully saturated rings. The molecule has 7 heteroatoms. The van der Waals surface area contributed by atoms with Gasteiger partial charge in [0.15, 0.2) is 0 Å². The zero-order valence-electron chi connectivity index (χ0n) is 11.1. The highest BCUT2D eigenvalue weighted by molar-refractivity contribution is 9.10. The number of nitrogens with zero attached hydrogens (tertiary/aromatic N) is 3. The van der Waals surface area contributed by atoms with Crippen molar-refractivity contribution in [3.63, 3.8) is 0 Å². The fourth-order valence-electron chi connectivity index (χ4n) is 1.54. The Labute approximate surface area is 125 Å². The first-order chi connectivity index (χ1) is 9.67. The topological polar surface area (TPSA) is 86.0 Å². The van der Waals surface area contributed by atoms with Crippen LogP contribution in [0.25, 0.3) is 0 Å². The molecule has 20 heavy (non-hydrogen) atoms. The molecule has 0 aliphatic heterocycles. The molecular weight excluding hydrogens is 322 g/mol. The van der Waals surface area contributed by atoms with Gasteiger partial charge in [0.2, 0.25) is 11.9 Å². The van der Waals surface area contributed by atoms with Crippen LogP contribution in [0.4, 0.5) is 11.9 Å². The van der Waals surface area contributed by atoms with E-state index in [1.807, 2.05) is 31.2 Å². The van der Waals surface area contributed by atoms with E-state index in [1.165, 1.54) is 0 Å². The van der Waals surface area contributed by atoms with Gasteiger partial charge in [0.05, 0.1) is 6.61 Å². The molecule has 0 amide bonds. The molecule has 106 valence electrons. The Kier molecular flexibility index (Phi) is 5.11. The van der Waals surface area contributed by atoms with Crippen molar-refractivity contribution in [1.82, 2.24) is 15.0 Å². The van der Waals surface area contributed by atoms with E-state index in [9.17, 15) is 0 Å². The van der Waals surface area contributed by atoms with Crippen LogP contribution < -0.4 is 15.8 Å². The lowest BCUT2D eigenvalue weighted by molar-refractivity contribution is 0.292. The maximum Gasteiger partial charge on any atom is 0.323 e. The summed E-state index contributed by atoms with van der Waals surface area (Å²) in [4.78, 5) is 12.1. The third-order valence-electron chi connectivity index (χ3n) is 2.41.